The van der Waals surface area contributed by atoms with Gasteiger partial charge < -0.3 is 5.11 Å². The Hall–Kier alpha value is -1.42. The van der Waals surface area contributed by atoms with Gasteiger partial charge in [0.15, 0.2) is 5.78 Å². The molecule has 1 rings (SSSR count). The Bertz CT molecular complexity index is 448. The van der Waals surface area contributed by atoms with Crippen molar-refractivity contribution >= 4 is 23.1 Å². The summed E-state index contributed by atoms with van der Waals surface area (Å²) < 4.78 is 0. The van der Waals surface area contributed by atoms with Gasteiger partial charge in [-0.3, -0.25) is 4.79 Å². The third-order valence-electron chi connectivity index (χ3n) is 3.15. The Labute approximate surface area is 124 Å². The molecule has 0 bridgehead atoms. The number of Topliss-reactive ketones (excluding diaryl/α,β-unsaturated/α-hetero) is 1. The van der Waals surface area contributed by atoms with E-state index in [1.807, 2.05) is 6.08 Å². The van der Waals surface area contributed by atoms with E-state index in [9.17, 15) is 9.59 Å². The van der Waals surface area contributed by atoms with Gasteiger partial charge in [0.2, 0.25) is 0 Å². The average molecular weight is 294 g/mol. The molecule has 110 valence electrons. The normalized spacial score (nSPS) is 10.4. The highest BCUT2D eigenvalue weighted by atomic mass is 32.1. The Morgan fingerprint density at radius 1 is 1.05 bits per heavy atom. The number of carbonyl (C=O) groups excluding carboxylic acids is 1. The molecule has 0 aliphatic carbocycles. The maximum atomic E-state index is 11.9. The third kappa shape index (κ3) is 6.15. The molecule has 0 amide bonds. The van der Waals surface area contributed by atoms with E-state index in [4.69, 9.17) is 5.11 Å². The van der Waals surface area contributed by atoms with Crippen LogP contribution in [0.2, 0.25) is 0 Å². The maximum Gasteiger partial charge on any atom is 0.345 e. The molecule has 1 N–H and O–H groups in total. The lowest BCUT2D eigenvalue weighted by Crippen LogP contribution is -1.96. The highest BCUT2D eigenvalue weighted by Crippen LogP contribution is 2.19. The lowest BCUT2D eigenvalue weighted by Gasteiger charge is -2.00. The van der Waals surface area contributed by atoms with Crippen LogP contribution in [0.4, 0.5) is 0 Å². The zero-order chi connectivity index (χ0) is 14.8. The van der Waals surface area contributed by atoms with Crippen molar-refractivity contribution in [3.05, 3.63) is 34.5 Å². The first-order valence-electron chi connectivity index (χ1n) is 7.12. The molecule has 4 heteroatoms. The minimum Gasteiger partial charge on any atom is -0.477 e. The zero-order valence-electron chi connectivity index (χ0n) is 11.8. The number of ketones is 1. The van der Waals surface area contributed by atoms with Crippen LogP contribution in [0, 0.1) is 0 Å². The molecule has 0 spiro atoms. The Kier molecular flexibility index (Phi) is 7.88. The smallest absolute Gasteiger partial charge is 0.345 e. The standard InChI is InChI=1S/C16H22O3S/c1-2-3-4-5-6-7-8-9-10-13(17)14-11-12-15(20-14)16(18)19/h2,11-12H,1,3-10H2,(H,18,19). The van der Waals surface area contributed by atoms with E-state index in [1.165, 1.54) is 25.3 Å². The van der Waals surface area contributed by atoms with E-state index in [2.05, 4.69) is 6.58 Å². The van der Waals surface area contributed by atoms with Crippen molar-refractivity contribution in [2.75, 3.05) is 0 Å². The SMILES string of the molecule is C=CCCCCCCCCC(=O)c1ccc(C(=O)O)s1. The predicted molar refractivity (Wildman–Crippen MR) is 82.7 cm³/mol. The number of unbranched alkanes of at least 4 members (excludes halogenated alkanes) is 6. The van der Waals surface area contributed by atoms with Crippen LogP contribution in [0.1, 0.15) is 70.7 Å². The van der Waals surface area contributed by atoms with E-state index in [0.29, 0.717) is 11.3 Å². The Morgan fingerprint density at radius 3 is 2.25 bits per heavy atom. The Balaban J connectivity index is 2.13. The number of hydrogen-bond donors (Lipinski definition) is 1. The summed E-state index contributed by atoms with van der Waals surface area (Å²) in [6, 6.07) is 3.12. The number of aromatic carboxylic acids is 1. The molecule has 0 aromatic carbocycles. The van der Waals surface area contributed by atoms with Crippen molar-refractivity contribution in [1.82, 2.24) is 0 Å². The van der Waals surface area contributed by atoms with E-state index in [-0.39, 0.29) is 10.7 Å². The molecule has 0 aliphatic rings. The van der Waals surface area contributed by atoms with E-state index >= 15 is 0 Å². The first-order valence-corrected chi connectivity index (χ1v) is 7.94. The quantitative estimate of drug-likeness (QED) is 0.357. The van der Waals surface area contributed by atoms with Gasteiger partial charge in [-0.15, -0.1) is 17.9 Å². The van der Waals surface area contributed by atoms with Gasteiger partial charge in [0.1, 0.15) is 4.88 Å². The van der Waals surface area contributed by atoms with Crippen molar-refractivity contribution in [1.29, 1.82) is 0 Å². The van der Waals surface area contributed by atoms with Crippen LogP contribution in [-0.2, 0) is 0 Å². The molecule has 0 aliphatic heterocycles. The van der Waals surface area contributed by atoms with E-state index < -0.39 is 5.97 Å². The fourth-order valence-corrected chi connectivity index (χ4v) is 2.82. The van der Waals surface area contributed by atoms with Crippen LogP contribution in [0.3, 0.4) is 0 Å². The lowest BCUT2D eigenvalue weighted by molar-refractivity contribution is 0.0702. The van der Waals surface area contributed by atoms with Crippen molar-refractivity contribution in [3.8, 4) is 0 Å². The number of rotatable bonds is 11. The maximum absolute atomic E-state index is 11.9. The van der Waals surface area contributed by atoms with Gasteiger partial charge in [0.25, 0.3) is 0 Å². The molecule has 0 saturated heterocycles. The molecule has 0 atom stereocenters. The van der Waals surface area contributed by atoms with Gasteiger partial charge >= 0.3 is 5.97 Å². The van der Waals surface area contributed by atoms with Crippen molar-refractivity contribution in [2.24, 2.45) is 0 Å². The molecular weight excluding hydrogens is 272 g/mol. The van der Waals surface area contributed by atoms with Crippen LogP contribution in [-0.4, -0.2) is 16.9 Å². The fourth-order valence-electron chi connectivity index (χ4n) is 2.01. The summed E-state index contributed by atoms with van der Waals surface area (Å²) in [4.78, 5) is 23.4. The summed E-state index contributed by atoms with van der Waals surface area (Å²) in [7, 11) is 0. The number of allylic oxidation sites excluding steroid dienone is 1. The second-order valence-corrected chi connectivity index (χ2v) is 5.92. The largest absolute Gasteiger partial charge is 0.477 e. The second kappa shape index (κ2) is 9.48. The number of carboxylic acid groups (broad SMARTS) is 1. The highest BCUT2D eigenvalue weighted by molar-refractivity contribution is 7.15. The van der Waals surface area contributed by atoms with Crippen LogP contribution in [0.25, 0.3) is 0 Å². The zero-order valence-corrected chi connectivity index (χ0v) is 12.6. The molecule has 3 nitrogen and oxygen atoms in total. The van der Waals surface area contributed by atoms with Gasteiger partial charge in [-0.05, 0) is 31.4 Å². The van der Waals surface area contributed by atoms with Crippen molar-refractivity contribution in [3.63, 3.8) is 0 Å². The monoisotopic (exact) mass is 294 g/mol. The minimum atomic E-state index is -0.964. The summed E-state index contributed by atoms with van der Waals surface area (Å²) in [5.74, 6) is -0.900. The summed E-state index contributed by atoms with van der Waals surface area (Å²) in [6.45, 7) is 3.70. The topological polar surface area (TPSA) is 54.4 Å². The molecule has 0 unspecified atom stereocenters. The molecule has 1 aromatic rings. The predicted octanol–water partition coefficient (Wildman–Crippen LogP) is 4.94. The van der Waals surface area contributed by atoms with Gasteiger partial charge in [0, 0.05) is 6.42 Å². The molecule has 0 fully saturated rings. The molecule has 20 heavy (non-hydrogen) atoms. The summed E-state index contributed by atoms with van der Waals surface area (Å²) in [5.41, 5.74) is 0. The van der Waals surface area contributed by atoms with Crippen molar-refractivity contribution in [2.45, 2.75) is 51.4 Å². The van der Waals surface area contributed by atoms with Gasteiger partial charge in [0.05, 0.1) is 4.88 Å². The van der Waals surface area contributed by atoms with Crippen LogP contribution >= 0.6 is 11.3 Å². The van der Waals surface area contributed by atoms with Gasteiger partial charge in [-0.2, -0.15) is 0 Å². The Morgan fingerprint density at radius 2 is 1.65 bits per heavy atom. The first-order chi connectivity index (χ1) is 9.65. The van der Waals surface area contributed by atoms with E-state index in [1.54, 1.807) is 6.07 Å². The van der Waals surface area contributed by atoms with Crippen LogP contribution in [0.5, 0.6) is 0 Å². The number of carbonyl (C=O) groups is 2. The number of thiophene rings is 1. The average Bonchev–Trinajstić information content (AvgIpc) is 2.91. The summed E-state index contributed by atoms with van der Waals surface area (Å²) in [5, 5.41) is 8.81. The van der Waals surface area contributed by atoms with Gasteiger partial charge in [-0.25, -0.2) is 4.79 Å². The third-order valence-corrected chi connectivity index (χ3v) is 4.27. The number of hydrogen-bond acceptors (Lipinski definition) is 3. The highest BCUT2D eigenvalue weighted by Gasteiger charge is 2.12. The van der Waals surface area contributed by atoms with Crippen LogP contribution in [0.15, 0.2) is 24.8 Å². The fraction of sp³-hybridized carbons (Fsp3) is 0.500. The summed E-state index contributed by atoms with van der Waals surface area (Å²) >= 11 is 1.07. The molecular formula is C16H22O3S. The number of carboxylic acids is 1. The van der Waals surface area contributed by atoms with Gasteiger partial charge in [-0.1, -0.05) is 31.8 Å². The molecule has 1 heterocycles. The lowest BCUT2D eigenvalue weighted by atomic mass is 10.1. The van der Waals surface area contributed by atoms with E-state index in [0.717, 1.165) is 37.0 Å². The van der Waals surface area contributed by atoms with Crippen molar-refractivity contribution < 1.29 is 14.7 Å². The summed E-state index contributed by atoms with van der Waals surface area (Å²) in [6.07, 6.45) is 10.3. The molecule has 0 saturated carbocycles. The first kappa shape index (κ1) is 16.6. The van der Waals surface area contributed by atoms with Crippen LogP contribution < -0.4 is 0 Å². The molecule has 1 aromatic heterocycles. The molecule has 0 radical (unpaired) electrons. The second-order valence-electron chi connectivity index (χ2n) is 4.84. The minimum absolute atomic E-state index is 0.0640.